The molecule has 1 aliphatic rings. The summed E-state index contributed by atoms with van der Waals surface area (Å²) in [5.41, 5.74) is 1.89. The highest BCUT2D eigenvalue weighted by Gasteiger charge is 2.34. The summed E-state index contributed by atoms with van der Waals surface area (Å²) < 4.78 is 6.34. The summed E-state index contributed by atoms with van der Waals surface area (Å²) in [6, 6.07) is 13.4. The molecular weight excluding hydrogens is 370 g/mol. The second kappa shape index (κ2) is 7.13. The number of amides is 1. The minimum absolute atomic E-state index is 0.0148. The first kappa shape index (κ1) is 17.1. The van der Waals surface area contributed by atoms with Gasteiger partial charge in [0.25, 0.3) is 0 Å². The van der Waals surface area contributed by atoms with Gasteiger partial charge in [-0.05, 0) is 29.8 Å². The van der Waals surface area contributed by atoms with Crippen LogP contribution in [0.1, 0.15) is 5.56 Å². The van der Waals surface area contributed by atoms with Gasteiger partial charge < -0.3 is 15.0 Å². The van der Waals surface area contributed by atoms with E-state index in [2.05, 4.69) is 15.2 Å². The van der Waals surface area contributed by atoms with Gasteiger partial charge in [0.2, 0.25) is 5.91 Å². The van der Waals surface area contributed by atoms with Crippen LogP contribution in [0.3, 0.4) is 0 Å². The molecule has 3 aromatic rings. The molecule has 1 fully saturated rings. The number of carbonyl (C=O) groups excluding carboxylic acids is 1. The summed E-state index contributed by atoms with van der Waals surface area (Å²) >= 11 is 7.75. The first-order valence-corrected chi connectivity index (χ1v) is 9.54. The molecule has 134 valence electrons. The number of ether oxygens (including phenoxy) is 1. The standard InChI is InChI=1S/C19H18ClN3O2S/c1-25-14-6-7-16-17(8-14)26-19(22-16)23-10-13(11-23)18(24)21-9-12-4-2-3-5-15(12)20/h2-8,13H,9-11H2,1H3,(H,21,24). The molecule has 1 aromatic heterocycles. The van der Waals surface area contributed by atoms with Gasteiger partial charge in [0.05, 0.1) is 23.2 Å². The summed E-state index contributed by atoms with van der Waals surface area (Å²) in [6.45, 7) is 1.83. The van der Waals surface area contributed by atoms with Crippen LogP contribution in [-0.4, -0.2) is 31.1 Å². The van der Waals surface area contributed by atoms with E-state index in [4.69, 9.17) is 16.3 Å². The maximum atomic E-state index is 12.3. The van der Waals surface area contributed by atoms with Crippen LogP contribution < -0.4 is 15.0 Å². The second-order valence-corrected chi connectivity index (χ2v) is 7.66. The summed E-state index contributed by atoms with van der Waals surface area (Å²) in [5, 5.41) is 4.59. The lowest BCUT2D eigenvalue weighted by Gasteiger charge is -2.38. The molecule has 0 bridgehead atoms. The maximum Gasteiger partial charge on any atom is 0.226 e. The molecule has 2 heterocycles. The van der Waals surface area contributed by atoms with Gasteiger partial charge in [-0.15, -0.1) is 0 Å². The highest BCUT2D eigenvalue weighted by Crippen LogP contribution is 2.34. The van der Waals surface area contributed by atoms with Gasteiger partial charge in [0, 0.05) is 24.7 Å². The number of halogens is 1. The van der Waals surface area contributed by atoms with Crippen LogP contribution >= 0.6 is 22.9 Å². The fourth-order valence-corrected chi connectivity index (χ4v) is 4.14. The zero-order chi connectivity index (χ0) is 18.1. The third-order valence-corrected chi connectivity index (χ3v) is 5.97. The SMILES string of the molecule is COc1ccc2nc(N3CC(C(=O)NCc4ccccc4Cl)C3)sc2c1. The van der Waals surface area contributed by atoms with Crippen molar-refractivity contribution in [1.82, 2.24) is 10.3 Å². The lowest BCUT2D eigenvalue weighted by molar-refractivity contribution is -0.125. The van der Waals surface area contributed by atoms with E-state index in [1.807, 2.05) is 42.5 Å². The van der Waals surface area contributed by atoms with Crippen LogP contribution in [0.15, 0.2) is 42.5 Å². The fourth-order valence-electron chi connectivity index (χ4n) is 2.92. The molecular formula is C19H18ClN3O2S. The average Bonchev–Trinajstić information content (AvgIpc) is 3.02. The number of methoxy groups -OCH3 is 1. The van der Waals surface area contributed by atoms with Crippen LogP contribution in [0.2, 0.25) is 5.02 Å². The van der Waals surface area contributed by atoms with E-state index in [1.165, 1.54) is 0 Å². The van der Waals surface area contributed by atoms with Gasteiger partial charge in [-0.2, -0.15) is 0 Å². The lowest BCUT2D eigenvalue weighted by Crippen LogP contribution is -2.53. The Balaban J connectivity index is 1.34. The number of aromatic nitrogens is 1. The summed E-state index contributed by atoms with van der Waals surface area (Å²) in [5.74, 6) is 0.871. The Kier molecular flexibility index (Phi) is 4.70. The monoisotopic (exact) mass is 387 g/mol. The third kappa shape index (κ3) is 3.34. The normalized spacial score (nSPS) is 14.3. The smallest absolute Gasteiger partial charge is 0.226 e. The minimum Gasteiger partial charge on any atom is -0.497 e. The molecule has 0 aliphatic carbocycles. The minimum atomic E-state index is -0.0148. The van der Waals surface area contributed by atoms with E-state index in [-0.39, 0.29) is 11.8 Å². The van der Waals surface area contributed by atoms with E-state index >= 15 is 0 Å². The number of rotatable bonds is 5. The number of hydrogen-bond acceptors (Lipinski definition) is 5. The predicted molar refractivity (Wildman–Crippen MR) is 105 cm³/mol. The van der Waals surface area contributed by atoms with Crippen molar-refractivity contribution >= 4 is 44.2 Å². The molecule has 1 saturated heterocycles. The number of nitrogens with one attached hydrogen (secondary N) is 1. The van der Waals surface area contributed by atoms with Crippen LogP contribution in [0, 0.1) is 5.92 Å². The fraction of sp³-hybridized carbons (Fsp3) is 0.263. The topological polar surface area (TPSA) is 54.5 Å². The summed E-state index contributed by atoms with van der Waals surface area (Å²) in [7, 11) is 1.66. The molecule has 1 amide bonds. The molecule has 1 N–H and O–H groups in total. The molecule has 4 rings (SSSR count). The van der Waals surface area contributed by atoms with Gasteiger partial charge >= 0.3 is 0 Å². The Hall–Kier alpha value is -2.31. The molecule has 26 heavy (non-hydrogen) atoms. The third-order valence-electron chi connectivity index (χ3n) is 4.52. The quantitative estimate of drug-likeness (QED) is 0.725. The summed E-state index contributed by atoms with van der Waals surface area (Å²) in [6.07, 6.45) is 0. The Morgan fingerprint density at radius 1 is 1.35 bits per heavy atom. The van der Waals surface area contributed by atoms with Crippen molar-refractivity contribution in [2.24, 2.45) is 5.92 Å². The van der Waals surface area contributed by atoms with Crippen molar-refractivity contribution in [2.75, 3.05) is 25.1 Å². The molecule has 0 atom stereocenters. The highest BCUT2D eigenvalue weighted by molar-refractivity contribution is 7.22. The Bertz CT molecular complexity index is 953. The van der Waals surface area contributed by atoms with Crippen LogP contribution in [0.5, 0.6) is 5.75 Å². The molecule has 0 saturated carbocycles. The van der Waals surface area contributed by atoms with Crippen molar-refractivity contribution < 1.29 is 9.53 Å². The second-order valence-electron chi connectivity index (χ2n) is 6.24. The molecule has 0 radical (unpaired) electrons. The number of nitrogens with zero attached hydrogens (tertiary/aromatic N) is 2. The Labute approximate surface area is 160 Å². The van der Waals surface area contributed by atoms with Gasteiger partial charge in [-0.1, -0.05) is 41.1 Å². The number of fused-ring (bicyclic) bond motifs is 1. The zero-order valence-electron chi connectivity index (χ0n) is 14.2. The van der Waals surface area contributed by atoms with Crippen LogP contribution in [0.25, 0.3) is 10.2 Å². The number of benzene rings is 2. The van der Waals surface area contributed by atoms with E-state index in [0.29, 0.717) is 24.7 Å². The molecule has 0 unspecified atom stereocenters. The first-order valence-electron chi connectivity index (χ1n) is 8.34. The van der Waals surface area contributed by atoms with E-state index in [9.17, 15) is 4.79 Å². The molecule has 7 heteroatoms. The van der Waals surface area contributed by atoms with Gasteiger partial charge in [0.1, 0.15) is 5.75 Å². The Morgan fingerprint density at radius 3 is 2.92 bits per heavy atom. The van der Waals surface area contributed by atoms with Crippen LogP contribution in [0.4, 0.5) is 5.13 Å². The van der Waals surface area contributed by atoms with Crippen molar-refractivity contribution in [3.05, 3.63) is 53.1 Å². The number of anilines is 1. The highest BCUT2D eigenvalue weighted by atomic mass is 35.5. The van der Waals surface area contributed by atoms with Crippen LogP contribution in [-0.2, 0) is 11.3 Å². The number of thiazole rings is 1. The van der Waals surface area contributed by atoms with Gasteiger partial charge in [0.15, 0.2) is 5.13 Å². The van der Waals surface area contributed by atoms with Gasteiger partial charge in [-0.3, -0.25) is 4.79 Å². The Morgan fingerprint density at radius 2 is 2.15 bits per heavy atom. The molecule has 1 aliphatic heterocycles. The van der Waals surface area contributed by atoms with Gasteiger partial charge in [-0.25, -0.2) is 4.98 Å². The predicted octanol–water partition coefficient (Wildman–Crippen LogP) is 3.71. The van der Waals surface area contributed by atoms with Crippen molar-refractivity contribution in [1.29, 1.82) is 0 Å². The number of hydrogen-bond donors (Lipinski definition) is 1. The van der Waals surface area contributed by atoms with E-state index in [1.54, 1.807) is 18.4 Å². The summed E-state index contributed by atoms with van der Waals surface area (Å²) in [4.78, 5) is 19.1. The first-order chi connectivity index (χ1) is 12.6. The molecule has 2 aromatic carbocycles. The molecule has 5 nitrogen and oxygen atoms in total. The zero-order valence-corrected chi connectivity index (χ0v) is 15.8. The largest absolute Gasteiger partial charge is 0.497 e. The maximum absolute atomic E-state index is 12.3. The van der Waals surface area contributed by atoms with E-state index in [0.717, 1.165) is 26.7 Å². The molecule has 0 spiro atoms. The number of carbonyl (C=O) groups is 1. The van der Waals surface area contributed by atoms with Crippen molar-refractivity contribution in [3.8, 4) is 5.75 Å². The average molecular weight is 388 g/mol. The van der Waals surface area contributed by atoms with Crippen molar-refractivity contribution in [2.45, 2.75) is 6.54 Å². The van der Waals surface area contributed by atoms with E-state index < -0.39 is 0 Å². The van der Waals surface area contributed by atoms with Crippen molar-refractivity contribution in [3.63, 3.8) is 0 Å². The lowest BCUT2D eigenvalue weighted by atomic mass is 10.00.